The number of benzene rings is 1. The Bertz CT molecular complexity index is 523. The highest BCUT2D eigenvalue weighted by Gasteiger charge is 2.13. The van der Waals surface area contributed by atoms with Gasteiger partial charge in [-0.05, 0) is 30.7 Å². The summed E-state index contributed by atoms with van der Waals surface area (Å²) in [4.78, 5) is 11.9. The van der Waals surface area contributed by atoms with Crippen LogP contribution in [0.3, 0.4) is 0 Å². The van der Waals surface area contributed by atoms with Crippen LogP contribution in [0.15, 0.2) is 29.2 Å². The standard InChI is InChI=1S/C13H20N2O3S/c1-4-10(3)13(16)15-11-6-8-12(9-7-11)19(17,18)14-5-2/h6-10,14H,4-5H2,1-3H3,(H,15,16). The van der Waals surface area contributed by atoms with E-state index in [2.05, 4.69) is 10.0 Å². The Morgan fingerprint density at radius 2 is 1.79 bits per heavy atom. The van der Waals surface area contributed by atoms with Gasteiger partial charge < -0.3 is 5.32 Å². The number of hydrogen-bond donors (Lipinski definition) is 2. The molecule has 0 aliphatic rings. The van der Waals surface area contributed by atoms with Gasteiger partial charge in [0.25, 0.3) is 0 Å². The number of sulfonamides is 1. The molecule has 1 unspecified atom stereocenters. The average molecular weight is 284 g/mol. The number of carbonyl (C=O) groups is 1. The van der Waals surface area contributed by atoms with Crippen LogP contribution in [-0.4, -0.2) is 20.9 Å². The summed E-state index contributed by atoms with van der Waals surface area (Å²) in [6.07, 6.45) is 0.763. The molecule has 1 aromatic rings. The molecule has 0 aromatic heterocycles. The molecular weight excluding hydrogens is 264 g/mol. The number of hydrogen-bond acceptors (Lipinski definition) is 3. The quantitative estimate of drug-likeness (QED) is 0.838. The van der Waals surface area contributed by atoms with Crippen LogP contribution in [0.4, 0.5) is 5.69 Å². The van der Waals surface area contributed by atoms with E-state index in [1.54, 1.807) is 19.1 Å². The van der Waals surface area contributed by atoms with Gasteiger partial charge in [-0.3, -0.25) is 4.79 Å². The van der Waals surface area contributed by atoms with Crippen LogP contribution >= 0.6 is 0 Å². The van der Waals surface area contributed by atoms with E-state index in [1.165, 1.54) is 12.1 Å². The van der Waals surface area contributed by atoms with Crippen LogP contribution in [0.1, 0.15) is 27.2 Å². The maximum absolute atomic E-state index is 11.7. The smallest absolute Gasteiger partial charge is 0.240 e. The lowest BCUT2D eigenvalue weighted by molar-refractivity contribution is -0.119. The van der Waals surface area contributed by atoms with Crippen LogP contribution in [0.25, 0.3) is 0 Å². The summed E-state index contributed by atoms with van der Waals surface area (Å²) in [6.45, 7) is 5.85. The van der Waals surface area contributed by atoms with Gasteiger partial charge >= 0.3 is 0 Å². The van der Waals surface area contributed by atoms with Gasteiger partial charge in [-0.1, -0.05) is 20.8 Å². The molecule has 0 aliphatic heterocycles. The zero-order chi connectivity index (χ0) is 14.5. The van der Waals surface area contributed by atoms with E-state index < -0.39 is 10.0 Å². The molecule has 19 heavy (non-hydrogen) atoms. The summed E-state index contributed by atoms with van der Waals surface area (Å²) in [6, 6.07) is 6.13. The Hall–Kier alpha value is -1.40. The maximum Gasteiger partial charge on any atom is 0.240 e. The van der Waals surface area contributed by atoms with E-state index in [0.29, 0.717) is 12.2 Å². The van der Waals surface area contributed by atoms with Crippen LogP contribution < -0.4 is 10.0 Å². The Labute approximate surface area is 114 Å². The fourth-order valence-electron chi connectivity index (χ4n) is 1.44. The number of nitrogens with one attached hydrogen (secondary N) is 2. The lowest BCUT2D eigenvalue weighted by Crippen LogP contribution is -2.23. The molecule has 0 heterocycles. The molecule has 106 valence electrons. The van der Waals surface area contributed by atoms with Crippen molar-refractivity contribution in [3.63, 3.8) is 0 Å². The maximum atomic E-state index is 11.7. The highest BCUT2D eigenvalue weighted by atomic mass is 32.2. The summed E-state index contributed by atoms with van der Waals surface area (Å²) in [7, 11) is -3.44. The summed E-state index contributed by atoms with van der Waals surface area (Å²) >= 11 is 0. The number of carbonyl (C=O) groups excluding carboxylic acids is 1. The molecule has 0 saturated heterocycles. The largest absolute Gasteiger partial charge is 0.326 e. The topological polar surface area (TPSA) is 75.3 Å². The second-order valence-corrected chi connectivity index (χ2v) is 6.09. The van der Waals surface area contributed by atoms with Gasteiger partial charge in [0, 0.05) is 18.2 Å². The van der Waals surface area contributed by atoms with E-state index in [-0.39, 0.29) is 16.7 Å². The minimum atomic E-state index is -3.44. The van der Waals surface area contributed by atoms with Gasteiger partial charge in [-0.25, -0.2) is 13.1 Å². The second-order valence-electron chi connectivity index (χ2n) is 4.32. The fraction of sp³-hybridized carbons (Fsp3) is 0.462. The first-order valence-electron chi connectivity index (χ1n) is 6.31. The molecule has 1 rings (SSSR count). The Kier molecular flexibility index (Phi) is 5.50. The molecule has 0 radical (unpaired) electrons. The van der Waals surface area contributed by atoms with Gasteiger partial charge in [-0.2, -0.15) is 0 Å². The Morgan fingerprint density at radius 3 is 2.26 bits per heavy atom. The van der Waals surface area contributed by atoms with Crippen molar-refractivity contribution in [2.75, 3.05) is 11.9 Å². The first kappa shape index (κ1) is 15.7. The van der Waals surface area contributed by atoms with Crippen molar-refractivity contribution in [2.24, 2.45) is 5.92 Å². The first-order valence-corrected chi connectivity index (χ1v) is 7.79. The third-order valence-electron chi connectivity index (χ3n) is 2.83. The fourth-order valence-corrected chi connectivity index (χ4v) is 2.48. The Balaban J connectivity index is 2.80. The third-order valence-corrected chi connectivity index (χ3v) is 4.39. The molecule has 1 aromatic carbocycles. The highest BCUT2D eigenvalue weighted by Crippen LogP contribution is 2.15. The number of anilines is 1. The van der Waals surface area contributed by atoms with Crippen LogP contribution in [0, 0.1) is 5.92 Å². The van der Waals surface area contributed by atoms with Crippen molar-refractivity contribution in [1.82, 2.24) is 4.72 Å². The number of rotatable bonds is 6. The lowest BCUT2D eigenvalue weighted by Gasteiger charge is -2.10. The molecule has 6 heteroatoms. The van der Waals surface area contributed by atoms with Crippen molar-refractivity contribution < 1.29 is 13.2 Å². The molecule has 1 amide bonds. The van der Waals surface area contributed by atoms with Crippen LogP contribution in [0.5, 0.6) is 0 Å². The van der Waals surface area contributed by atoms with E-state index in [4.69, 9.17) is 0 Å². The van der Waals surface area contributed by atoms with E-state index in [9.17, 15) is 13.2 Å². The van der Waals surface area contributed by atoms with Crippen molar-refractivity contribution in [3.8, 4) is 0 Å². The third kappa shape index (κ3) is 4.33. The lowest BCUT2D eigenvalue weighted by atomic mass is 10.1. The van der Waals surface area contributed by atoms with Gasteiger partial charge in [0.1, 0.15) is 0 Å². The monoisotopic (exact) mass is 284 g/mol. The minimum absolute atomic E-state index is 0.0647. The zero-order valence-corrected chi connectivity index (χ0v) is 12.3. The average Bonchev–Trinajstić information content (AvgIpc) is 2.38. The highest BCUT2D eigenvalue weighted by molar-refractivity contribution is 7.89. The SMILES string of the molecule is CCNS(=O)(=O)c1ccc(NC(=O)C(C)CC)cc1. The molecule has 0 saturated carbocycles. The van der Waals surface area contributed by atoms with Gasteiger partial charge in [0.15, 0.2) is 0 Å². The molecule has 0 fully saturated rings. The normalized spacial score (nSPS) is 13.0. The summed E-state index contributed by atoms with van der Waals surface area (Å²) in [5.74, 6) is -0.130. The van der Waals surface area contributed by atoms with Crippen molar-refractivity contribution in [3.05, 3.63) is 24.3 Å². The van der Waals surface area contributed by atoms with Crippen LogP contribution in [0.2, 0.25) is 0 Å². The van der Waals surface area contributed by atoms with Crippen molar-refractivity contribution in [1.29, 1.82) is 0 Å². The molecule has 0 bridgehead atoms. The Morgan fingerprint density at radius 1 is 1.21 bits per heavy atom. The molecule has 5 nitrogen and oxygen atoms in total. The second kappa shape index (κ2) is 6.68. The summed E-state index contributed by atoms with van der Waals surface area (Å²) in [5.41, 5.74) is 0.598. The molecule has 1 atom stereocenters. The van der Waals surface area contributed by atoms with E-state index in [1.807, 2.05) is 13.8 Å². The predicted octanol–water partition coefficient (Wildman–Crippen LogP) is 1.97. The van der Waals surface area contributed by atoms with E-state index in [0.717, 1.165) is 6.42 Å². The minimum Gasteiger partial charge on any atom is -0.326 e. The first-order chi connectivity index (χ1) is 8.90. The molecule has 0 spiro atoms. The molecule has 0 aliphatic carbocycles. The van der Waals surface area contributed by atoms with Crippen molar-refractivity contribution in [2.45, 2.75) is 32.1 Å². The molecular formula is C13H20N2O3S. The van der Waals surface area contributed by atoms with Gasteiger partial charge in [-0.15, -0.1) is 0 Å². The number of amides is 1. The molecule has 2 N–H and O–H groups in total. The summed E-state index contributed by atoms with van der Waals surface area (Å²) in [5, 5.41) is 2.75. The van der Waals surface area contributed by atoms with Gasteiger partial charge in [0.05, 0.1) is 4.90 Å². The predicted molar refractivity (Wildman–Crippen MR) is 75.4 cm³/mol. The van der Waals surface area contributed by atoms with Gasteiger partial charge in [0.2, 0.25) is 15.9 Å². The zero-order valence-electron chi connectivity index (χ0n) is 11.4. The van der Waals surface area contributed by atoms with Crippen molar-refractivity contribution >= 4 is 21.6 Å². The van der Waals surface area contributed by atoms with E-state index >= 15 is 0 Å². The summed E-state index contributed by atoms with van der Waals surface area (Å²) < 4.78 is 25.9. The van der Waals surface area contributed by atoms with Crippen LogP contribution in [-0.2, 0) is 14.8 Å².